The Hall–Kier alpha value is -1.79. The molecule has 1 aliphatic carbocycles. The van der Waals surface area contributed by atoms with Gasteiger partial charge in [0.2, 0.25) is 11.8 Å². The Morgan fingerprint density at radius 3 is 2.37 bits per heavy atom. The molecule has 2 amide bonds. The van der Waals surface area contributed by atoms with Crippen LogP contribution >= 0.6 is 0 Å². The lowest BCUT2D eigenvalue weighted by atomic mass is 9.67. The molecule has 7 nitrogen and oxygen atoms in total. The predicted octanol–water partition coefficient (Wildman–Crippen LogP) is -0.208. The molecular weight excluding hydrogens is 248 g/mol. The minimum absolute atomic E-state index is 0.0611. The summed E-state index contributed by atoms with van der Waals surface area (Å²) in [6.45, 7) is 3.68. The molecule has 0 aromatic rings. The van der Waals surface area contributed by atoms with E-state index >= 15 is 0 Å². The summed E-state index contributed by atoms with van der Waals surface area (Å²) in [4.78, 5) is 23.8. The van der Waals surface area contributed by atoms with Crippen LogP contribution in [0.5, 0.6) is 0 Å². The van der Waals surface area contributed by atoms with Crippen molar-refractivity contribution in [1.82, 2.24) is 10.6 Å². The van der Waals surface area contributed by atoms with Crippen LogP contribution in [0.4, 0.5) is 0 Å². The zero-order chi connectivity index (χ0) is 14.7. The Bertz CT molecular complexity index is 400. The number of hydrogen-bond donors (Lipinski definition) is 4. The van der Waals surface area contributed by atoms with Crippen molar-refractivity contribution in [3.63, 3.8) is 0 Å². The minimum Gasteiger partial charge on any atom is -0.409 e. The van der Waals surface area contributed by atoms with Gasteiger partial charge in [0.05, 0.1) is 5.41 Å². The standard InChI is InChI=1S/C12H22N4O3/c1-11(2,9(17)14-3)7-15-10(18)12(5-4-6-12)8(13)16-19/h19H,4-7H2,1-3H3,(H2,13,16)(H,14,17)(H,15,18). The summed E-state index contributed by atoms with van der Waals surface area (Å²) in [6, 6.07) is 0. The molecule has 1 rings (SSSR count). The Kier molecular flexibility index (Phi) is 4.39. The van der Waals surface area contributed by atoms with Crippen LogP contribution in [0, 0.1) is 10.8 Å². The Balaban J connectivity index is 2.68. The second-order valence-electron chi connectivity index (χ2n) is 5.57. The third-order valence-corrected chi connectivity index (χ3v) is 3.77. The lowest BCUT2D eigenvalue weighted by Gasteiger charge is -2.39. The molecule has 0 atom stereocenters. The van der Waals surface area contributed by atoms with Gasteiger partial charge in [-0.2, -0.15) is 0 Å². The zero-order valence-electron chi connectivity index (χ0n) is 11.6. The molecule has 0 radical (unpaired) electrons. The first kappa shape index (κ1) is 15.3. The van der Waals surface area contributed by atoms with E-state index in [0.29, 0.717) is 12.8 Å². The summed E-state index contributed by atoms with van der Waals surface area (Å²) in [7, 11) is 1.55. The van der Waals surface area contributed by atoms with Gasteiger partial charge in [0.15, 0.2) is 5.84 Å². The topological polar surface area (TPSA) is 117 Å². The number of nitrogens with two attached hydrogens (primary N) is 1. The van der Waals surface area contributed by atoms with Gasteiger partial charge in [-0.3, -0.25) is 9.59 Å². The van der Waals surface area contributed by atoms with Crippen LogP contribution < -0.4 is 16.4 Å². The molecule has 19 heavy (non-hydrogen) atoms. The lowest BCUT2D eigenvalue weighted by Crippen LogP contribution is -2.56. The maximum Gasteiger partial charge on any atom is 0.233 e. The van der Waals surface area contributed by atoms with E-state index in [9.17, 15) is 9.59 Å². The van der Waals surface area contributed by atoms with Crippen LogP contribution in [0.1, 0.15) is 33.1 Å². The molecule has 1 saturated carbocycles. The number of nitrogens with one attached hydrogen (secondary N) is 2. The van der Waals surface area contributed by atoms with E-state index in [1.165, 1.54) is 0 Å². The molecular formula is C12H22N4O3. The van der Waals surface area contributed by atoms with Gasteiger partial charge < -0.3 is 21.6 Å². The average Bonchev–Trinajstić information content (AvgIpc) is 2.33. The molecule has 0 aliphatic heterocycles. The van der Waals surface area contributed by atoms with E-state index in [-0.39, 0.29) is 24.2 Å². The van der Waals surface area contributed by atoms with Crippen LogP contribution in [0.25, 0.3) is 0 Å². The fraction of sp³-hybridized carbons (Fsp3) is 0.750. The minimum atomic E-state index is -0.909. The van der Waals surface area contributed by atoms with Gasteiger partial charge in [-0.25, -0.2) is 0 Å². The quantitative estimate of drug-likeness (QED) is 0.239. The Morgan fingerprint density at radius 1 is 1.42 bits per heavy atom. The van der Waals surface area contributed by atoms with Gasteiger partial charge in [-0.1, -0.05) is 11.6 Å². The van der Waals surface area contributed by atoms with Crippen LogP contribution in [0.2, 0.25) is 0 Å². The highest BCUT2D eigenvalue weighted by Crippen LogP contribution is 2.41. The highest BCUT2D eigenvalue weighted by molar-refractivity contribution is 6.07. The first-order valence-electron chi connectivity index (χ1n) is 6.28. The number of hydrogen-bond acceptors (Lipinski definition) is 4. The third kappa shape index (κ3) is 2.80. The first-order chi connectivity index (χ1) is 8.80. The summed E-state index contributed by atoms with van der Waals surface area (Å²) in [6.07, 6.45) is 1.99. The van der Waals surface area contributed by atoms with Crippen molar-refractivity contribution < 1.29 is 14.8 Å². The largest absolute Gasteiger partial charge is 0.409 e. The van der Waals surface area contributed by atoms with Gasteiger partial charge in [-0.15, -0.1) is 0 Å². The van der Waals surface area contributed by atoms with Gasteiger partial charge in [0.25, 0.3) is 0 Å². The van der Waals surface area contributed by atoms with Crippen molar-refractivity contribution in [2.45, 2.75) is 33.1 Å². The van der Waals surface area contributed by atoms with Crippen LogP contribution in [-0.2, 0) is 9.59 Å². The number of oxime groups is 1. The van der Waals surface area contributed by atoms with Gasteiger partial charge in [0.1, 0.15) is 5.41 Å². The van der Waals surface area contributed by atoms with Crippen LogP contribution in [0.15, 0.2) is 5.16 Å². The summed E-state index contributed by atoms with van der Waals surface area (Å²) in [5.41, 5.74) is 3.98. The molecule has 5 N–H and O–H groups in total. The highest BCUT2D eigenvalue weighted by Gasteiger charge is 2.48. The van der Waals surface area contributed by atoms with Gasteiger partial charge in [-0.05, 0) is 26.7 Å². The van der Waals surface area contributed by atoms with Crippen molar-refractivity contribution in [1.29, 1.82) is 0 Å². The molecule has 0 spiro atoms. The molecule has 0 saturated heterocycles. The molecule has 7 heteroatoms. The van der Waals surface area contributed by atoms with Gasteiger partial charge in [0, 0.05) is 13.6 Å². The summed E-state index contributed by atoms with van der Waals surface area (Å²) < 4.78 is 0. The van der Waals surface area contributed by atoms with Crippen molar-refractivity contribution in [3.8, 4) is 0 Å². The third-order valence-electron chi connectivity index (χ3n) is 3.77. The van der Waals surface area contributed by atoms with Gasteiger partial charge >= 0.3 is 0 Å². The maximum absolute atomic E-state index is 12.2. The van der Waals surface area contributed by atoms with E-state index in [2.05, 4.69) is 15.8 Å². The number of amidine groups is 1. The van der Waals surface area contributed by atoms with E-state index in [0.717, 1.165) is 6.42 Å². The van der Waals surface area contributed by atoms with Crippen molar-refractivity contribution in [2.75, 3.05) is 13.6 Å². The number of carbonyl (C=O) groups is 2. The smallest absolute Gasteiger partial charge is 0.233 e. The van der Waals surface area contributed by atoms with Crippen LogP contribution in [0.3, 0.4) is 0 Å². The van der Waals surface area contributed by atoms with E-state index in [1.54, 1.807) is 20.9 Å². The molecule has 0 bridgehead atoms. The Morgan fingerprint density at radius 2 is 2.00 bits per heavy atom. The maximum atomic E-state index is 12.2. The van der Waals surface area contributed by atoms with Crippen LogP contribution in [-0.4, -0.2) is 36.4 Å². The highest BCUT2D eigenvalue weighted by atomic mass is 16.4. The predicted molar refractivity (Wildman–Crippen MR) is 70.6 cm³/mol. The Labute approximate surface area is 112 Å². The SMILES string of the molecule is CNC(=O)C(C)(C)CNC(=O)C1(C(N)=NO)CCC1. The molecule has 0 aromatic carbocycles. The average molecular weight is 270 g/mol. The van der Waals surface area contributed by atoms with Crippen molar-refractivity contribution in [2.24, 2.45) is 21.7 Å². The lowest BCUT2D eigenvalue weighted by molar-refractivity contribution is -0.133. The monoisotopic (exact) mass is 270 g/mol. The first-order valence-corrected chi connectivity index (χ1v) is 6.28. The summed E-state index contributed by atoms with van der Waals surface area (Å²) in [5, 5.41) is 17.0. The van der Waals surface area contributed by atoms with E-state index in [4.69, 9.17) is 10.9 Å². The number of rotatable bonds is 5. The second-order valence-corrected chi connectivity index (χ2v) is 5.57. The van der Waals surface area contributed by atoms with E-state index < -0.39 is 10.8 Å². The summed E-state index contributed by atoms with van der Waals surface area (Å²) in [5.74, 6) is -0.501. The molecule has 0 aromatic heterocycles. The number of carbonyl (C=O) groups excluding carboxylic acids is 2. The number of amides is 2. The molecule has 1 fully saturated rings. The molecule has 1 aliphatic rings. The molecule has 0 unspecified atom stereocenters. The van der Waals surface area contributed by atoms with Crippen molar-refractivity contribution in [3.05, 3.63) is 0 Å². The summed E-state index contributed by atoms with van der Waals surface area (Å²) >= 11 is 0. The zero-order valence-corrected chi connectivity index (χ0v) is 11.6. The molecule has 0 heterocycles. The fourth-order valence-corrected chi connectivity index (χ4v) is 2.11. The normalized spacial score (nSPS) is 18.4. The van der Waals surface area contributed by atoms with Crippen molar-refractivity contribution >= 4 is 17.6 Å². The number of nitrogens with zero attached hydrogens (tertiary/aromatic N) is 1. The fourth-order valence-electron chi connectivity index (χ4n) is 2.11. The second kappa shape index (κ2) is 5.46. The van der Waals surface area contributed by atoms with E-state index in [1.807, 2.05) is 0 Å². The molecule has 108 valence electrons.